The zero-order valence-corrected chi connectivity index (χ0v) is 16.0. The van der Waals surface area contributed by atoms with Crippen molar-refractivity contribution in [1.82, 2.24) is 10.4 Å². The molecule has 2 amide bonds. The van der Waals surface area contributed by atoms with E-state index >= 15 is 0 Å². The molecule has 1 aliphatic heterocycles. The summed E-state index contributed by atoms with van der Waals surface area (Å²) in [4.78, 5) is 38.7. The Hall–Kier alpha value is -3.57. The third kappa shape index (κ3) is 3.26. The molecule has 1 unspecified atom stereocenters. The molecule has 0 saturated carbocycles. The third-order valence-electron chi connectivity index (χ3n) is 5.33. The van der Waals surface area contributed by atoms with Crippen LogP contribution in [0.25, 0.3) is 0 Å². The summed E-state index contributed by atoms with van der Waals surface area (Å²) < 4.78 is 0. The fourth-order valence-corrected chi connectivity index (χ4v) is 3.60. The summed E-state index contributed by atoms with van der Waals surface area (Å²) in [7, 11) is 0. The van der Waals surface area contributed by atoms with Crippen LogP contribution in [0, 0.1) is 0 Å². The molecule has 29 heavy (non-hydrogen) atoms. The number of carbonyl (C=O) groups excluding carboxylic acids is 3. The maximum absolute atomic E-state index is 13.4. The molecule has 0 fully saturated rings. The molecular weight excluding hydrogens is 364 g/mol. The van der Waals surface area contributed by atoms with E-state index in [1.165, 1.54) is 0 Å². The summed E-state index contributed by atoms with van der Waals surface area (Å²) in [6.07, 6.45) is 0. The van der Waals surface area contributed by atoms with Crippen molar-refractivity contribution in [3.8, 4) is 0 Å². The molecule has 0 bridgehead atoms. The smallest absolute Gasteiger partial charge is 0.276 e. The number of imide groups is 1. The Morgan fingerprint density at radius 2 is 1.28 bits per heavy atom. The second-order valence-corrected chi connectivity index (χ2v) is 7.22. The molecule has 3 aromatic carbocycles. The summed E-state index contributed by atoms with van der Waals surface area (Å²) in [6, 6.07) is 25.1. The van der Waals surface area contributed by atoms with Crippen molar-refractivity contribution in [3.05, 3.63) is 107 Å². The first-order valence-electron chi connectivity index (χ1n) is 9.39. The number of Topliss-reactive ketones (excluding diaryl/α,β-unsaturated/α-hetero) is 1. The van der Waals surface area contributed by atoms with E-state index < -0.39 is 17.2 Å². The van der Waals surface area contributed by atoms with Gasteiger partial charge >= 0.3 is 0 Å². The topological polar surface area (TPSA) is 66.5 Å². The van der Waals surface area contributed by atoms with Crippen LogP contribution in [0.1, 0.15) is 43.6 Å². The second kappa shape index (κ2) is 7.45. The number of hydrogen-bond donors (Lipinski definition) is 1. The van der Waals surface area contributed by atoms with E-state index in [4.69, 9.17) is 0 Å². The monoisotopic (exact) mass is 384 g/mol. The zero-order valence-electron chi connectivity index (χ0n) is 16.0. The van der Waals surface area contributed by atoms with Gasteiger partial charge < -0.3 is 0 Å². The predicted molar refractivity (Wildman–Crippen MR) is 110 cm³/mol. The van der Waals surface area contributed by atoms with Crippen LogP contribution in [0.2, 0.25) is 0 Å². The van der Waals surface area contributed by atoms with Gasteiger partial charge in [-0.3, -0.25) is 14.4 Å². The van der Waals surface area contributed by atoms with Crippen molar-refractivity contribution in [2.75, 3.05) is 6.54 Å². The minimum atomic E-state index is -0.974. The first-order valence-corrected chi connectivity index (χ1v) is 9.39. The molecule has 0 spiro atoms. The number of hydrogen-bond acceptors (Lipinski definition) is 4. The number of carbonyl (C=O) groups is 3. The summed E-state index contributed by atoms with van der Waals surface area (Å²) in [5, 5.41) is 1.00. The van der Waals surface area contributed by atoms with E-state index in [0.717, 1.165) is 10.6 Å². The highest BCUT2D eigenvalue weighted by Crippen LogP contribution is 2.29. The normalized spacial score (nSPS) is 15.1. The number of hydrazine groups is 1. The van der Waals surface area contributed by atoms with Gasteiger partial charge in [0, 0.05) is 12.1 Å². The van der Waals surface area contributed by atoms with Crippen molar-refractivity contribution < 1.29 is 14.4 Å². The molecule has 5 heteroatoms. The van der Waals surface area contributed by atoms with Gasteiger partial charge in [-0.05, 0) is 24.6 Å². The Bertz CT molecular complexity index is 1040. The van der Waals surface area contributed by atoms with E-state index in [-0.39, 0.29) is 12.3 Å². The second-order valence-electron chi connectivity index (χ2n) is 7.22. The SMILES string of the molecule is CC(CNN1C(=O)c2ccccc2C1=O)(C(=O)c1ccccc1)c1ccccc1. The molecule has 144 valence electrons. The summed E-state index contributed by atoms with van der Waals surface area (Å²) in [5.74, 6) is -0.908. The molecule has 0 radical (unpaired) electrons. The summed E-state index contributed by atoms with van der Waals surface area (Å²) >= 11 is 0. The lowest BCUT2D eigenvalue weighted by molar-refractivity contribution is 0.0540. The van der Waals surface area contributed by atoms with Gasteiger partial charge in [-0.25, -0.2) is 10.4 Å². The lowest BCUT2D eigenvalue weighted by Gasteiger charge is -2.31. The molecule has 1 N–H and O–H groups in total. The first-order chi connectivity index (χ1) is 14.0. The highest BCUT2D eigenvalue weighted by Gasteiger charge is 2.40. The molecule has 5 nitrogen and oxygen atoms in total. The van der Waals surface area contributed by atoms with E-state index in [0.29, 0.717) is 16.7 Å². The van der Waals surface area contributed by atoms with Gasteiger partial charge in [-0.2, -0.15) is 0 Å². The van der Waals surface area contributed by atoms with E-state index in [1.807, 2.05) is 55.5 Å². The van der Waals surface area contributed by atoms with Gasteiger partial charge in [0.25, 0.3) is 11.8 Å². The van der Waals surface area contributed by atoms with Crippen LogP contribution in [0.5, 0.6) is 0 Å². The first kappa shape index (κ1) is 18.8. The molecule has 0 aliphatic carbocycles. The minimum absolute atomic E-state index is 0.0894. The molecule has 0 saturated heterocycles. The standard InChI is InChI=1S/C24H20N2O3/c1-24(18-12-6-3-7-13-18,21(27)17-10-4-2-5-11-17)16-25-26-22(28)19-14-8-9-15-20(19)23(26)29/h2-15,25H,16H2,1H3. The van der Waals surface area contributed by atoms with Crippen molar-refractivity contribution >= 4 is 17.6 Å². The molecule has 0 aromatic heterocycles. The Morgan fingerprint density at radius 3 is 1.83 bits per heavy atom. The molecule has 1 atom stereocenters. The Kier molecular flexibility index (Phi) is 4.82. The van der Waals surface area contributed by atoms with E-state index in [9.17, 15) is 14.4 Å². The number of fused-ring (bicyclic) bond motifs is 1. The lowest BCUT2D eigenvalue weighted by Crippen LogP contribution is -2.51. The lowest BCUT2D eigenvalue weighted by atomic mass is 9.76. The molecule has 1 heterocycles. The van der Waals surface area contributed by atoms with Crippen LogP contribution in [-0.4, -0.2) is 29.2 Å². The van der Waals surface area contributed by atoms with Gasteiger partial charge in [-0.1, -0.05) is 72.8 Å². The van der Waals surface area contributed by atoms with Crippen LogP contribution in [-0.2, 0) is 5.41 Å². The van der Waals surface area contributed by atoms with Gasteiger partial charge in [0.2, 0.25) is 0 Å². The summed E-state index contributed by atoms with van der Waals surface area (Å²) in [5.41, 5.74) is 4.06. The number of nitrogens with one attached hydrogen (secondary N) is 1. The van der Waals surface area contributed by atoms with Crippen LogP contribution in [0.3, 0.4) is 0 Å². The predicted octanol–water partition coefficient (Wildman–Crippen LogP) is 3.63. The van der Waals surface area contributed by atoms with Crippen LogP contribution in [0.15, 0.2) is 84.9 Å². The summed E-state index contributed by atoms with van der Waals surface area (Å²) in [6.45, 7) is 1.92. The largest absolute Gasteiger partial charge is 0.293 e. The zero-order chi connectivity index (χ0) is 20.4. The molecule has 4 rings (SSSR count). The maximum Gasteiger partial charge on any atom is 0.276 e. The van der Waals surface area contributed by atoms with Crippen molar-refractivity contribution in [2.45, 2.75) is 12.3 Å². The number of rotatable bonds is 6. The van der Waals surface area contributed by atoms with E-state index in [1.54, 1.807) is 36.4 Å². The fraction of sp³-hybridized carbons (Fsp3) is 0.125. The van der Waals surface area contributed by atoms with Crippen molar-refractivity contribution in [3.63, 3.8) is 0 Å². The molecular formula is C24H20N2O3. The number of amides is 2. The quantitative estimate of drug-likeness (QED) is 0.521. The highest BCUT2D eigenvalue weighted by molar-refractivity contribution is 6.21. The average Bonchev–Trinajstić information content (AvgIpc) is 3.03. The maximum atomic E-state index is 13.4. The van der Waals surface area contributed by atoms with Gasteiger partial charge in [-0.15, -0.1) is 0 Å². The Labute approximate surface area is 168 Å². The van der Waals surface area contributed by atoms with Crippen LogP contribution in [0.4, 0.5) is 0 Å². The highest BCUT2D eigenvalue weighted by atomic mass is 16.2. The Morgan fingerprint density at radius 1 is 0.793 bits per heavy atom. The van der Waals surface area contributed by atoms with Gasteiger partial charge in [0.05, 0.1) is 16.5 Å². The van der Waals surface area contributed by atoms with Crippen molar-refractivity contribution in [2.24, 2.45) is 0 Å². The van der Waals surface area contributed by atoms with Gasteiger partial charge in [0.15, 0.2) is 5.78 Å². The van der Waals surface area contributed by atoms with Crippen molar-refractivity contribution in [1.29, 1.82) is 0 Å². The third-order valence-corrected chi connectivity index (χ3v) is 5.33. The average molecular weight is 384 g/mol. The fourth-order valence-electron chi connectivity index (χ4n) is 3.60. The minimum Gasteiger partial charge on any atom is -0.293 e. The molecule has 3 aromatic rings. The Balaban J connectivity index is 1.65. The van der Waals surface area contributed by atoms with Crippen LogP contribution < -0.4 is 5.43 Å². The van der Waals surface area contributed by atoms with E-state index in [2.05, 4.69) is 5.43 Å². The van der Waals surface area contributed by atoms with Gasteiger partial charge in [0.1, 0.15) is 0 Å². The molecule has 1 aliphatic rings. The van der Waals surface area contributed by atoms with Crippen LogP contribution >= 0.6 is 0 Å². The number of ketones is 1. The number of benzene rings is 3. The number of nitrogens with zero attached hydrogens (tertiary/aromatic N) is 1.